The van der Waals surface area contributed by atoms with Gasteiger partial charge in [0.15, 0.2) is 0 Å². The molecule has 2 aromatic carbocycles. The maximum atomic E-state index is 13.3. The molecular formula is C20H20BrN3O3S. The van der Waals surface area contributed by atoms with Crippen molar-refractivity contribution in [3.8, 4) is 11.5 Å². The SMILES string of the molecule is CN1CCN(c2oc(-c3ccc(Br)cc3)nc2S(=O)(=O)c2ccccc2)CC1. The molecule has 1 fully saturated rings. The monoisotopic (exact) mass is 461 g/mol. The van der Waals surface area contributed by atoms with Crippen molar-refractivity contribution in [3.63, 3.8) is 0 Å². The highest BCUT2D eigenvalue weighted by Crippen LogP contribution is 2.35. The molecule has 1 aromatic heterocycles. The number of piperazine rings is 1. The number of oxazole rings is 1. The van der Waals surface area contributed by atoms with Crippen molar-refractivity contribution in [2.75, 3.05) is 38.1 Å². The minimum absolute atomic E-state index is 0.0267. The number of halogens is 1. The number of rotatable bonds is 4. The molecule has 0 saturated carbocycles. The first kappa shape index (κ1) is 19.2. The average molecular weight is 462 g/mol. The Morgan fingerprint density at radius 1 is 0.964 bits per heavy atom. The van der Waals surface area contributed by atoms with Crippen LogP contribution in [0.25, 0.3) is 11.5 Å². The van der Waals surface area contributed by atoms with Gasteiger partial charge in [-0.3, -0.25) is 0 Å². The van der Waals surface area contributed by atoms with Gasteiger partial charge in [-0.15, -0.1) is 0 Å². The van der Waals surface area contributed by atoms with Crippen molar-refractivity contribution in [2.45, 2.75) is 9.92 Å². The van der Waals surface area contributed by atoms with E-state index in [1.165, 1.54) is 0 Å². The predicted octanol–water partition coefficient (Wildman–Crippen LogP) is 3.69. The molecule has 0 bridgehead atoms. The second-order valence-corrected chi connectivity index (χ2v) is 9.52. The van der Waals surface area contributed by atoms with Crippen LogP contribution in [0.5, 0.6) is 0 Å². The summed E-state index contributed by atoms with van der Waals surface area (Å²) in [5.74, 6) is 0.616. The van der Waals surface area contributed by atoms with Gasteiger partial charge in [0.2, 0.25) is 26.6 Å². The van der Waals surface area contributed by atoms with E-state index in [4.69, 9.17) is 4.42 Å². The van der Waals surface area contributed by atoms with Gasteiger partial charge < -0.3 is 14.2 Å². The van der Waals surface area contributed by atoms with Gasteiger partial charge in [-0.25, -0.2) is 8.42 Å². The Morgan fingerprint density at radius 2 is 1.61 bits per heavy atom. The summed E-state index contributed by atoms with van der Waals surface area (Å²) in [7, 11) is -1.75. The number of anilines is 1. The van der Waals surface area contributed by atoms with Crippen LogP contribution in [0, 0.1) is 0 Å². The third kappa shape index (κ3) is 3.72. The molecule has 0 unspecified atom stereocenters. The standard InChI is InChI=1S/C20H20BrN3O3S/c1-23-11-13-24(14-12-23)20-19(28(25,26)17-5-3-2-4-6-17)22-18(27-20)15-7-9-16(21)10-8-15/h2-10H,11-14H2,1H3. The minimum Gasteiger partial charge on any atom is -0.419 e. The molecule has 0 amide bonds. The van der Waals surface area contributed by atoms with Crippen molar-refractivity contribution < 1.29 is 12.8 Å². The molecule has 1 saturated heterocycles. The Kier molecular flexibility index (Phi) is 5.27. The van der Waals surface area contributed by atoms with Gasteiger partial charge in [0, 0.05) is 36.2 Å². The van der Waals surface area contributed by atoms with Crippen molar-refractivity contribution in [1.29, 1.82) is 0 Å². The molecule has 0 radical (unpaired) electrons. The van der Waals surface area contributed by atoms with E-state index in [1.54, 1.807) is 30.3 Å². The van der Waals surface area contributed by atoms with Crippen molar-refractivity contribution >= 4 is 31.7 Å². The fourth-order valence-electron chi connectivity index (χ4n) is 3.11. The van der Waals surface area contributed by atoms with Crippen LogP contribution < -0.4 is 4.90 Å². The second-order valence-electron chi connectivity index (χ2n) is 6.74. The lowest BCUT2D eigenvalue weighted by atomic mass is 10.2. The van der Waals surface area contributed by atoms with E-state index in [0.717, 1.165) is 23.1 Å². The van der Waals surface area contributed by atoms with Crippen LogP contribution in [0.2, 0.25) is 0 Å². The largest absolute Gasteiger partial charge is 0.419 e. The molecule has 3 aromatic rings. The number of hydrogen-bond acceptors (Lipinski definition) is 6. The molecule has 1 aliphatic heterocycles. The zero-order chi connectivity index (χ0) is 19.7. The summed E-state index contributed by atoms with van der Waals surface area (Å²) < 4.78 is 33.5. The van der Waals surface area contributed by atoms with Crippen LogP contribution in [-0.2, 0) is 9.84 Å². The van der Waals surface area contributed by atoms with E-state index >= 15 is 0 Å². The third-order valence-electron chi connectivity index (χ3n) is 4.77. The number of hydrogen-bond donors (Lipinski definition) is 0. The highest BCUT2D eigenvalue weighted by atomic mass is 79.9. The second kappa shape index (κ2) is 7.69. The van der Waals surface area contributed by atoms with Gasteiger partial charge in [0.25, 0.3) is 0 Å². The van der Waals surface area contributed by atoms with Gasteiger partial charge in [-0.2, -0.15) is 4.98 Å². The summed E-state index contributed by atoms with van der Waals surface area (Å²) in [5, 5.41) is -0.0267. The number of benzene rings is 2. The van der Waals surface area contributed by atoms with E-state index in [0.29, 0.717) is 24.9 Å². The molecule has 146 valence electrons. The van der Waals surface area contributed by atoms with E-state index in [9.17, 15) is 8.42 Å². The van der Waals surface area contributed by atoms with Crippen molar-refractivity contribution in [3.05, 3.63) is 59.1 Å². The maximum Gasteiger partial charge on any atom is 0.236 e. The molecule has 1 aliphatic rings. The predicted molar refractivity (Wildman–Crippen MR) is 111 cm³/mol. The molecule has 0 atom stereocenters. The van der Waals surface area contributed by atoms with Crippen LogP contribution in [0.15, 0.2) is 73.4 Å². The first-order valence-corrected chi connectivity index (χ1v) is 11.2. The van der Waals surface area contributed by atoms with Gasteiger partial charge in [0.1, 0.15) is 0 Å². The summed E-state index contributed by atoms with van der Waals surface area (Å²) in [5.41, 5.74) is 0.730. The van der Waals surface area contributed by atoms with Crippen molar-refractivity contribution in [2.24, 2.45) is 0 Å². The van der Waals surface area contributed by atoms with Crippen LogP contribution >= 0.6 is 15.9 Å². The van der Waals surface area contributed by atoms with Crippen LogP contribution in [-0.4, -0.2) is 51.5 Å². The summed E-state index contributed by atoms with van der Waals surface area (Å²) in [6.45, 7) is 3.03. The molecule has 28 heavy (non-hydrogen) atoms. The van der Waals surface area contributed by atoms with Gasteiger partial charge in [-0.05, 0) is 43.4 Å². The molecule has 4 rings (SSSR count). The van der Waals surface area contributed by atoms with E-state index < -0.39 is 9.84 Å². The fraction of sp³-hybridized carbons (Fsp3) is 0.250. The summed E-state index contributed by atoms with van der Waals surface area (Å²) in [6.07, 6.45) is 0. The normalized spacial score (nSPS) is 15.7. The first-order valence-electron chi connectivity index (χ1n) is 8.95. The summed E-state index contributed by atoms with van der Waals surface area (Å²) >= 11 is 3.41. The van der Waals surface area contributed by atoms with E-state index in [1.807, 2.05) is 36.2 Å². The molecule has 0 N–H and O–H groups in total. The molecule has 6 nitrogen and oxygen atoms in total. The topological polar surface area (TPSA) is 66.7 Å². The number of sulfone groups is 1. The minimum atomic E-state index is -3.80. The molecule has 2 heterocycles. The Bertz CT molecular complexity index is 1060. The summed E-state index contributed by atoms with van der Waals surface area (Å²) in [4.78, 5) is 8.80. The lowest BCUT2D eigenvalue weighted by Gasteiger charge is -2.32. The zero-order valence-electron chi connectivity index (χ0n) is 15.4. The van der Waals surface area contributed by atoms with Crippen LogP contribution in [0.1, 0.15) is 0 Å². The average Bonchev–Trinajstić information content (AvgIpc) is 3.16. The Hall–Kier alpha value is -2.16. The maximum absolute atomic E-state index is 13.3. The fourth-order valence-corrected chi connectivity index (χ4v) is 4.72. The van der Waals surface area contributed by atoms with E-state index in [-0.39, 0.29) is 9.92 Å². The quantitative estimate of drug-likeness (QED) is 0.590. The number of likely N-dealkylation sites (N-methyl/N-ethyl adjacent to an activating group) is 1. The first-order chi connectivity index (χ1) is 13.4. The van der Waals surface area contributed by atoms with Gasteiger partial charge in [0.05, 0.1) is 4.90 Å². The lowest BCUT2D eigenvalue weighted by molar-refractivity contribution is 0.305. The number of nitrogens with zero attached hydrogens (tertiary/aromatic N) is 3. The molecule has 0 spiro atoms. The Balaban J connectivity index is 1.82. The summed E-state index contributed by atoms with van der Waals surface area (Å²) in [6, 6.07) is 15.8. The van der Waals surface area contributed by atoms with Crippen LogP contribution in [0.3, 0.4) is 0 Å². The Labute approximate surface area is 172 Å². The highest BCUT2D eigenvalue weighted by Gasteiger charge is 2.32. The molecule has 8 heteroatoms. The van der Waals surface area contributed by atoms with Crippen molar-refractivity contribution in [1.82, 2.24) is 9.88 Å². The lowest BCUT2D eigenvalue weighted by Crippen LogP contribution is -2.44. The highest BCUT2D eigenvalue weighted by molar-refractivity contribution is 9.10. The van der Waals surface area contributed by atoms with E-state index in [2.05, 4.69) is 25.8 Å². The third-order valence-corrected chi connectivity index (χ3v) is 6.97. The van der Waals surface area contributed by atoms with Gasteiger partial charge in [-0.1, -0.05) is 34.1 Å². The Morgan fingerprint density at radius 3 is 2.25 bits per heavy atom. The number of aromatic nitrogens is 1. The van der Waals surface area contributed by atoms with Gasteiger partial charge >= 0.3 is 0 Å². The molecule has 0 aliphatic carbocycles. The smallest absolute Gasteiger partial charge is 0.236 e. The zero-order valence-corrected chi connectivity index (χ0v) is 17.8. The molecular weight excluding hydrogens is 442 g/mol. The van der Waals surface area contributed by atoms with Crippen LogP contribution in [0.4, 0.5) is 5.88 Å².